The molecular weight excluding hydrogens is 407 g/mol. The number of hydrogen-bond acceptors (Lipinski definition) is 4. The van der Waals surface area contributed by atoms with Crippen LogP contribution >= 0.6 is 0 Å². The fourth-order valence-electron chi connectivity index (χ4n) is 4.16. The summed E-state index contributed by atoms with van der Waals surface area (Å²) in [4.78, 5) is 14.2. The lowest BCUT2D eigenvalue weighted by molar-refractivity contribution is 0.135. The van der Waals surface area contributed by atoms with Gasteiger partial charge in [0.1, 0.15) is 12.4 Å². The molecule has 0 N–H and O–H groups in total. The van der Waals surface area contributed by atoms with Crippen LogP contribution in [0.3, 0.4) is 0 Å². The quantitative estimate of drug-likeness (QED) is 0.714. The number of ether oxygens (including phenoxy) is 1. The normalized spacial score (nSPS) is 18.2. The van der Waals surface area contributed by atoms with Gasteiger partial charge in [0.05, 0.1) is 10.6 Å². The first-order valence-corrected chi connectivity index (χ1v) is 11.7. The highest BCUT2D eigenvalue weighted by Gasteiger charge is 2.37. The molecule has 1 amide bonds. The van der Waals surface area contributed by atoms with Crippen molar-refractivity contribution < 1.29 is 22.3 Å². The van der Waals surface area contributed by atoms with Gasteiger partial charge in [-0.3, -0.25) is 4.90 Å². The van der Waals surface area contributed by atoms with Gasteiger partial charge in [-0.15, -0.1) is 0 Å². The third-order valence-corrected chi connectivity index (χ3v) is 7.65. The lowest BCUT2D eigenvalue weighted by Crippen LogP contribution is -2.50. The number of aryl methyl sites for hydroxylation is 1. The van der Waals surface area contributed by atoms with Crippen molar-refractivity contribution >= 4 is 21.8 Å². The zero-order valence-electron chi connectivity index (χ0n) is 16.9. The number of rotatable bonds is 5. The Morgan fingerprint density at radius 1 is 1.10 bits per heavy atom. The van der Waals surface area contributed by atoms with Crippen molar-refractivity contribution in [3.63, 3.8) is 0 Å². The third-order valence-electron chi connectivity index (χ3n) is 5.74. The fraction of sp³-hybridized carbons (Fsp3) is 0.409. The molecule has 0 aromatic heterocycles. The molecule has 2 aromatic rings. The van der Waals surface area contributed by atoms with Crippen LogP contribution < -0.4 is 4.90 Å². The van der Waals surface area contributed by atoms with E-state index in [9.17, 15) is 17.6 Å². The van der Waals surface area contributed by atoms with Crippen molar-refractivity contribution in [2.24, 2.45) is 0 Å². The third kappa shape index (κ3) is 3.94. The first-order valence-electron chi connectivity index (χ1n) is 10.2. The predicted octanol–water partition coefficient (Wildman–Crippen LogP) is 4.09. The Morgan fingerprint density at radius 3 is 2.47 bits per heavy atom. The van der Waals surface area contributed by atoms with Crippen LogP contribution in [-0.2, 0) is 27.8 Å². The fourth-order valence-corrected chi connectivity index (χ4v) is 5.63. The molecule has 4 rings (SSSR count). The molecule has 1 saturated heterocycles. The van der Waals surface area contributed by atoms with Gasteiger partial charge < -0.3 is 4.74 Å². The first-order chi connectivity index (χ1) is 14.4. The number of amides is 1. The zero-order chi connectivity index (χ0) is 21.3. The van der Waals surface area contributed by atoms with E-state index in [4.69, 9.17) is 4.74 Å². The molecule has 160 valence electrons. The maximum Gasteiger partial charge on any atom is 0.414 e. The number of sulfonamides is 1. The first kappa shape index (κ1) is 20.8. The van der Waals surface area contributed by atoms with Gasteiger partial charge in [-0.05, 0) is 55.2 Å². The number of halogens is 1. The summed E-state index contributed by atoms with van der Waals surface area (Å²) in [5.41, 5.74) is 2.38. The number of anilines is 1. The second-order valence-corrected chi connectivity index (χ2v) is 9.66. The van der Waals surface area contributed by atoms with Gasteiger partial charge in [0.25, 0.3) is 0 Å². The number of cyclic esters (lactones) is 1. The molecule has 1 fully saturated rings. The van der Waals surface area contributed by atoms with Gasteiger partial charge in [0.2, 0.25) is 10.0 Å². The molecule has 0 bridgehead atoms. The molecule has 0 saturated carbocycles. The molecule has 2 aromatic carbocycles. The van der Waals surface area contributed by atoms with Crippen molar-refractivity contribution in [3.8, 4) is 0 Å². The molecule has 2 aliphatic heterocycles. The molecule has 0 radical (unpaired) electrons. The number of carbonyl (C=O) groups excluding carboxylic acids is 1. The summed E-state index contributed by atoms with van der Waals surface area (Å²) in [7, 11) is -3.58. The molecule has 30 heavy (non-hydrogen) atoms. The van der Waals surface area contributed by atoms with E-state index in [-0.39, 0.29) is 18.5 Å². The minimum Gasteiger partial charge on any atom is -0.444 e. The Morgan fingerprint density at radius 2 is 1.80 bits per heavy atom. The van der Waals surface area contributed by atoms with E-state index in [0.29, 0.717) is 42.1 Å². The van der Waals surface area contributed by atoms with Gasteiger partial charge in [-0.2, -0.15) is 4.31 Å². The second-order valence-electron chi connectivity index (χ2n) is 7.73. The summed E-state index contributed by atoms with van der Waals surface area (Å²) >= 11 is 0. The van der Waals surface area contributed by atoms with Gasteiger partial charge >= 0.3 is 6.09 Å². The van der Waals surface area contributed by atoms with Crippen LogP contribution in [0.1, 0.15) is 37.3 Å². The number of carbonyl (C=O) groups is 1. The Balaban J connectivity index is 1.48. The molecule has 2 aliphatic rings. The van der Waals surface area contributed by atoms with Crippen LogP contribution in [0, 0.1) is 5.82 Å². The number of nitrogens with zero attached hydrogens (tertiary/aromatic N) is 2. The van der Waals surface area contributed by atoms with Crippen LogP contribution in [0.5, 0.6) is 0 Å². The van der Waals surface area contributed by atoms with Crippen molar-refractivity contribution in [1.29, 1.82) is 0 Å². The lowest BCUT2D eigenvalue weighted by atomic mass is 10.0. The van der Waals surface area contributed by atoms with Crippen LogP contribution in [0.2, 0.25) is 0 Å². The van der Waals surface area contributed by atoms with Crippen molar-refractivity contribution in [3.05, 3.63) is 59.4 Å². The van der Waals surface area contributed by atoms with E-state index >= 15 is 0 Å². The van der Waals surface area contributed by atoms with E-state index in [0.717, 1.165) is 18.4 Å². The highest BCUT2D eigenvalue weighted by Crippen LogP contribution is 2.33. The van der Waals surface area contributed by atoms with Crippen LogP contribution in [0.15, 0.2) is 47.4 Å². The smallest absolute Gasteiger partial charge is 0.414 e. The number of benzene rings is 2. The van der Waals surface area contributed by atoms with E-state index < -0.39 is 16.1 Å². The predicted molar refractivity (Wildman–Crippen MR) is 111 cm³/mol. The van der Waals surface area contributed by atoms with Gasteiger partial charge in [0.15, 0.2) is 0 Å². The number of piperidine rings is 1. The maximum absolute atomic E-state index is 13.5. The van der Waals surface area contributed by atoms with Crippen molar-refractivity contribution in [1.82, 2.24) is 4.31 Å². The van der Waals surface area contributed by atoms with E-state index in [1.54, 1.807) is 23.1 Å². The molecule has 0 spiro atoms. The van der Waals surface area contributed by atoms with E-state index in [1.807, 2.05) is 12.1 Å². The maximum atomic E-state index is 13.5. The van der Waals surface area contributed by atoms with Crippen molar-refractivity contribution in [2.45, 2.75) is 50.2 Å². The Hall–Kier alpha value is -2.45. The van der Waals surface area contributed by atoms with Crippen LogP contribution in [0.4, 0.5) is 14.9 Å². The van der Waals surface area contributed by atoms with Crippen molar-refractivity contribution in [2.75, 3.05) is 18.0 Å². The summed E-state index contributed by atoms with van der Waals surface area (Å²) in [6.07, 6.45) is 2.43. The Kier molecular flexibility index (Phi) is 5.79. The zero-order valence-corrected chi connectivity index (χ0v) is 17.7. The summed E-state index contributed by atoms with van der Waals surface area (Å²) in [6.45, 7) is 2.75. The summed E-state index contributed by atoms with van der Waals surface area (Å²) in [6, 6.07) is 11.2. The molecule has 6 nitrogen and oxygen atoms in total. The van der Waals surface area contributed by atoms with E-state index in [1.165, 1.54) is 16.4 Å². The molecule has 0 aliphatic carbocycles. The lowest BCUT2D eigenvalue weighted by Gasteiger charge is -2.39. The minimum absolute atomic E-state index is 0.0453. The average Bonchev–Trinajstić information content (AvgIpc) is 2.74. The second kappa shape index (κ2) is 8.35. The summed E-state index contributed by atoms with van der Waals surface area (Å²) in [5.74, 6) is -0.377. The SMILES string of the molecule is CCCc1ccc(S(=O)(=O)N2CCC(N3C(=O)OCc4cc(F)ccc43)CC2)cc1. The molecule has 2 heterocycles. The highest BCUT2D eigenvalue weighted by molar-refractivity contribution is 7.89. The molecule has 8 heteroatoms. The summed E-state index contributed by atoms with van der Waals surface area (Å²) < 4.78 is 46.3. The van der Waals surface area contributed by atoms with E-state index in [2.05, 4.69) is 6.92 Å². The highest BCUT2D eigenvalue weighted by atomic mass is 32.2. The standard InChI is InChI=1S/C22H25FN2O4S/c1-2-3-16-4-7-20(8-5-16)30(27,28)24-12-10-19(11-13-24)25-21-9-6-18(23)14-17(21)15-29-22(25)26/h4-9,14,19H,2-3,10-13,15H2,1H3. The molecular formula is C22H25FN2O4S. The topological polar surface area (TPSA) is 66.9 Å². The monoisotopic (exact) mass is 432 g/mol. The average molecular weight is 433 g/mol. The van der Waals surface area contributed by atoms with Gasteiger partial charge in [-0.25, -0.2) is 17.6 Å². The summed E-state index contributed by atoms with van der Waals surface area (Å²) in [5, 5.41) is 0. The van der Waals surface area contributed by atoms with Gasteiger partial charge in [-0.1, -0.05) is 25.5 Å². The Labute approximate surface area is 176 Å². The number of hydrogen-bond donors (Lipinski definition) is 0. The minimum atomic E-state index is -3.58. The van der Waals surface area contributed by atoms with Gasteiger partial charge in [0, 0.05) is 24.7 Å². The van der Waals surface area contributed by atoms with Crippen LogP contribution in [0.25, 0.3) is 0 Å². The number of fused-ring (bicyclic) bond motifs is 1. The largest absolute Gasteiger partial charge is 0.444 e. The molecule has 0 atom stereocenters. The Bertz CT molecular complexity index is 1030. The van der Waals surface area contributed by atoms with Crippen LogP contribution in [-0.4, -0.2) is 37.9 Å². The molecule has 0 unspecified atom stereocenters.